The molecule has 1 aromatic rings. The highest BCUT2D eigenvalue weighted by molar-refractivity contribution is 5.81. The zero-order valence-electron chi connectivity index (χ0n) is 10.6. The van der Waals surface area contributed by atoms with Crippen molar-refractivity contribution in [2.75, 3.05) is 25.0 Å². The molecule has 3 nitrogen and oxygen atoms in total. The van der Waals surface area contributed by atoms with Gasteiger partial charge in [-0.2, -0.15) is 0 Å². The van der Waals surface area contributed by atoms with E-state index in [0.717, 1.165) is 30.6 Å². The number of benzene rings is 1. The average molecular weight is 244 g/mol. The van der Waals surface area contributed by atoms with Crippen molar-refractivity contribution in [1.29, 1.82) is 0 Å². The Balaban J connectivity index is 1.50. The van der Waals surface area contributed by atoms with Gasteiger partial charge in [-0.25, -0.2) is 0 Å². The topological polar surface area (TPSA) is 32.3 Å². The first-order chi connectivity index (χ1) is 8.83. The van der Waals surface area contributed by atoms with Crippen molar-refractivity contribution >= 4 is 11.6 Å². The number of likely N-dealkylation sites (tertiary alicyclic amines) is 1. The lowest BCUT2D eigenvalue weighted by atomic mass is 10.0. The second-order valence-corrected chi connectivity index (χ2v) is 5.47. The second-order valence-electron chi connectivity index (χ2n) is 5.47. The highest BCUT2D eigenvalue weighted by Gasteiger charge is 2.37. The molecule has 1 amide bonds. The number of fused-ring (bicyclic) bond motifs is 1. The first kappa shape index (κ1) is 11.6. The van der Waals surface area contributed by atoms with E-state index in [1.54, 1.807) is 0 Å². The van der Waals surface area contributed by atoms with Gasteiger partial charge in [0.2, 0.25) is 5.91 Å². The summed E-state index contributed by atoms with van der Waals surface area (Å²) in [6.45, 7) is 2.39. The monoisotopic (exact) mass is 244 g/mol. The Labute approximate surface area is 108 Å². The molecule has 1 N–H and O–H groups in total. The molecule has 2 atom stereocenters. The van der Waals surface area contributed by atoms with Crippen LogP contribution < -0.4 is 5.32 Å². The lowest BCUT2D eigenvalue weighted by Gasteiger charge is -2.18. The van der Waals surface area contributed by atoms with Crippen LogP contribution in [0.3, 0.4) is 0 Å². The van der Waals surface area contributed by atoms with Gasteiger partial charge in [0, 0.05) is 18.8 Å². The SMILES string of the molecule is O=C(CNc1ccccc1)N1CC2CCCC2C1. The number of nitrogens with zero attached hydrogens (tertiary/aromatic N) is 1. The third-order valence-electron chi connectivity index (χ3n) is 4.30. The van der Waals surface area contributed by atoms with E-state index in [1.807, 2.05) is 35.2 Å². The molecule has 2 fully saturated rings. The number of carbonyl (C=O) groups is 1. The van der Waals surface area contributed by atoms with Gasteiger partial charge in [-0.15, -0.1) is 0 Å². The summed E-state index contributed by atoms with van der Waals surface area (Å²) in [7, 11) is 0. The lowest BCUT2D eigenvalue weighted by molar-refractivity contribution is -0.128. The molecule has 3 heteroatoms. The standard InChI is InChI=1S/C15H20N2O/c18-15(9-16-14-7-2-1-3-8-14)17-10-12-5-4-6-13(12)11-17/h1-3,7-8,12-13,16H,4-6,9-11H2. The maximum atomic E-state index is 12.1. The summed E-state index contributed by atoms with van der Waals surface area (Å²) in [6.07, 6.45) is 4.00. The minimum Gasteiger partial charge on any atom is -0.376 e. The molecule has 3 rings (SSSR count). The molecule has 0 aromatic heterocycles. The smallest absolute Gasteiger partial charge is 0.241 e. The molecule has 0 radical (unpaired) electrons. The van der Waals surface area contributed by atoms with Crippen molar-refractivity contribution in [3.8, 4) is 0 Å². The van der Waals surface area contributed by atoms with Crippen LogP contribution in [0.2, 0.25) is 0 Å². The average Bonchev–Trinajstić information content (AvgIpc) is 2.98. The van der Waals surface area contributed by atoms with Crippen molar-refractivity contribution in [2.45, 2.75) is 19.3 Å². The van der Waals surface area contributed by atoms with Gasteiger partial charge >= 0.3 is 0 Å². The predicted octanol–water partition coefficient (Wildman–Crippen LogP) is 2.36. The molecule has 1 aromatic carbocycles. The Hall–Kier alpha value is -1.51. The van der Waals surface area contributed by atoms with Crippen molar-refractivity contribution in [3.63, 3.8) is 0 Å². The van der Waals surface area contributed by atoms with Crippen LogP contribution in [0.5, 0.6) is 0 Å². The largest absolute Gasteiger partial charge is 0.376 e. The third kappa shape index (κ3) is 2.35. The van der Waals surface area contributed by atoms with Gasteiger partial charge in [-0.3, -0.25) is 4.79 Å². The maximum Gasteiger partial charge on any atom is 0.241 e. The molecule has 0 bridgehead atoms. The first-order valence-electron chi connectivity index (χ1n) is 6.89. The van der Waals surface area contributed by atoms with Gasteiger partial charge in [0.05, 0.1) is 6.54 Å². The fourth-order valence-electron chi connectivity index (χ4n) is 3.28. The Bertz CT molecular complexity index is 406. The van der Waals surface area contributed by atoms with Crippen molar-refractivity contribution in [2.24, 2.45) is 11.8 Å². The second kappa shape index (κ2) is 5.01. The molecule has 96 valence electrons. The molecule has 1 saturated carbocycles. The third-order valence-corrected chi connectivity index (χ3v) is 4.30. The molecule has 1 heterocycles. The summed E-state index contributed by atoms with van der Waals surface area (Å²) >= 11 is 0. The summed E-state index contributed by atoms with van der Waals surface area (Å²) in [4.78, 5) is 14.2. The van der Waals surface area contributed by atoms with Crippen LogP contribution in [0.4, 0.5) is 5.69 Å². The minimum atomic E-state index is 0.244. The number of hydrogen-bond donors (Lipinski definition) is 1. The van der Waals surface area contributed by atoms with Gasteiger partial charge in [-0.05, 0) is 36.8 Å². The molecular weight excluding hydrogens is 224 g/mol. The summed E-state index contributed by atoms with van der Waals surface area (Å²) < 4.78 is 0. The molecular formula is C15H20N2O. The van der Waals surface area contributed by atoms with Gasteiger partial charge < -0.3 is 10.2 Å². The molecule has 1 aliphatic carbocycles. The van der Waals surface area contributed by atoms with Gasteiger partial charge in [0.1, 0.15) is 0 Å². The highest BCUT2D eigenvalue weighted by atomic mass is 16.2. The molecule has 18 heavy (non-hydrogen) atoms. The van der Waals surface area contributed by atoms with Crippen LogP contribution in [-0.4, -0.2) is 30.4 Å². The molecule has 2 aliphatic rings. The lowest BCUT2D eigenvalue weighted by Crippen LogP contribution is -2.34. The first-order valence-corrected chi connectivity index (χ1v) is 6.89. The zero-order valence-corrected chi connectivity index (χ0v) is 10.6. The van der Waals surface area contributed by atoms with E-state index < -0.39 is 0 Å². The molecule has 1 aliphatic heterocycles. The van der Waals surface area contributed by atoms with Crippen LogP contribution in [0, 0.1) is 11.8 Å². The van der Waals surface area contributed by atoms with Gasteiger partial charge in [-0.1, -0.05) is 24.6 Å². The minimum absolute atomic E-state index is 0.244. The van der Waals surface area contributed by atoms with Gasteiger partial charge in [0.25, 0.3) is 0 Å². The number of amides is 1. The van der Waals surface area contributed by atoms with E-state index in [4.69, 9.17) is 0 Å². The molecule has 2 unspecified atom stereocenters. The van der Waals surface area contributed by atoms with E-state index >= 15 is 0 Å². The quantitative estimate of drug-likeness (QED) is 0.885. The summed E-state index contributed by atoms with van der Waals surface area (Å²) in [6, 6.07) is 9.92. The van der Waals surface area contributed by atoms with E-state index in [9.17, 15) is 4.79 Å². The maximum absolute atomic E-state index is 12.1. The van der Waals surface area contributed by atoms with E-state index in [0.29, 0.717) is 6.54 Å². The number of para-hydroxylation sites is 1. The van der Waals surface area contributed by atoms with Crippen molar-refractivity contribution in [3.05, 3.63) is 30.3 Å². The fourth-order valence-corrected chi connectivity index (χ4v) is 3.28. The zero-order chi connectivity index (χ0) is 12.4. The number of nitrogens with one attached hydrogen (secondary N) is 1. The number of rotatable bonds is 3. The van der Waals surface area contributed by atoms with Crippen molar-refractivity contribution < 1.29 is 4.79 Å². The Morgan fingerprint density at radius 1 is 1.17 bits per heavy atom. The predicted molar refractivity (Wildman–Crippen MR) is 72.3 cm³/mol. The van der Waals surface area contributed by atoms with E-state index in [2.05, 4.69) is 5.32 Å². The Kier molecular flexibility index (Phi) is 3.22. The highest BCUT2D eigenvalue weighted by Crippen LogP contribution is 2.37. The summed E-state index contributed by atoms with van der Waals surface area (Å²) in [5, 5.41) is 3.20. The van der Waals surface area contributed by atoms with Crippen LogP contribution in [0.1, 0.15) is 19.3 Å². The van der Waals surface area contributed by atoms with Crippen LogP contribution in [-0.2, 0) is 4.79 Å². The molecule has 0 spiro atoms. The van der Waals surface area contributed by atoms with E-state index in [1.165, 1.54) is 19.3 Å². The normalized spacial score (nSPS) is 26.1. The van der Waals surface area contributed by atoms with Crippen LogP contribution in [0.25, 0.3) is 0 Å². The summed E-state index contributed by atoms with van der Waals surface area (Å²) in [5.41, 5.74) is 1.02. The number of hydrogen-bond acceptors (Lipinski definition) is 2. The van der Waals surface area contributed by atoms with Crippen LogP contribution in [0.15, 0.2) is 30.3 Å². The Morgan fingerprint density at radius 3 is 2.50 bits per heavy atom. The van der Waals surface area contributed by atoms with Crippen molar-refractivity contribution in [1.82, 2.24) is 4.90 Å². The number of anilines is 1. The fraction of sp³-hybridized carbons (Fsp3) is 0.533. The van der Waals surface area contributed by atoms with E-state index in [-0.39, 0.29) is 5.91 Å². The Morgan fingerprint density at radius 2 is 1.83 bits per heavy atom. The summed E-state index contributed by atoms with van der Waals surface area (Å²) in [5.74, 6) is 1.81. The molecule has 1 saturated heterocycles. The number of carbonyl (C=O) groups excluding carboxylic acids is 1. The van der Waals surface area contributed by atoms with Gasteiger partial charge in [0.15, 0.2) is 0 Å². The van der Waals surface area contributed by atoms with Crippen LogP contribution >= 0.6 is 0 Å².